The molecule has 0 bridgehead atoms. The van der Waals surface area contributed by atoms with E-state index in [1.165, 1.54) is 5.56 Å². The van der Waals surface area contributed by atoms with Gasteiger partial charge < -0.3 is 14.6 Å². The fraction of sp³-hybridized carbons (Fsp3) is 0.316. The van der Waals surface area contributed by atoms with E-state index < -0.39 is 0 Å². The first-order chi connectivity index (χ1) is 12.0. The highest BCUT2D eigenvalue weighted by atomic mass is 35.5. The molecule has 132 valence electrons. The third-order valence-electron chi connectivity index (χ3n) is 4.26. The van der Waals surface area contributed by atoms with Crippen LogP contribution >= 0.6 is 23.2 Å². The van der Waals surface area contributed by atoms with E-state index in [9.17, 15) is 0 Å². The van der Waals surface area contributed by atoms with Crippen LogP contribution in [-0.2, 0) is 20.0 Å². The molecule has 25 heavy (non-hydrogen) atoms. The zero-order valence-electron chi connectivity index (χ0n) is 14.6. The maximum Gasteiger partial charge on any atom is 0.142 e. The second kappa shape index (κ2) is 7.65. The van der Waals surface area contributed by atoms with Crippen LogP contribution in [0, 0.1) is 6.92 Å². The van der Waals surface area contributed by atoms with Gasteiger partial charge in [-0.1, -0.05) is 29.3 Å². The van der Waals surface area contributed by atoms with Gasteiger partial charge in [-0.3, -0.25) is 0 Å². The molecule has 0 aliphatic heterocycles. The lowest BCUT2D eigenvalue weighted by Crippen LogP contribution is -2.18. The molecule has 3 rings (SSSR count). The molecule has 0 amide bonds. The smallest absolute Gasteiger partial charge is 0.142 e. The third-order valence-corrected chi connectivity index (χ3v) is 4.76. The van der Waals surface area contributed by atoms with Crippen molar-refractivity contribution in [2.24, 2.45) is 7.05 Å². The van der Waals surface area contributed by atoms with Crippen LogP contribution in [-0.4, -0.2) is 23.2 Å². The molecular formula is C19H21Cl2N3O. The molecule has 0 saturated heterocycles. The Bertz CT molecular complexity index is 905. The first-order valence-electron chi connectivity index (χ1n) is 8.14. The van der Waals surface area contributed by atoms with E-state index >= 15 is 0 Å². The summed E-state index contributed by atoms with van der Waals surface area (Å²) in [7, 11) is 3.67. The van der Waals surface area contributed by atoms with E-state index in [2.05, 4.69) is 42.1 Å². The third kappa shape index (κ3) is 3.92. The molecule has 3 aromatic rings. The van der Waals surface area contributed by atoms with Gasteiger partial charge >= 0.3 is 0 Å². The molecule has 0 aliphatic carbocycles. The van der Waals surface area contributed by atoms with Crippen LogP contribution in [0.3, 0.4) is 0 Å². The number of benzene rings is 2. The lowest BCUT2D eigenvalue weighted by molar-refractivity contribution is 0.408. The topological polar surface area (TPSA) is 39.1 Å². The second-order valence-corrected chi connectivity index (χ2v) is 6.93. The van der Waals surface area contributed by atoms with Crippen LogP contribution in [0.1, 0.15) is 17.0 Å². The van der Waals surface area contributed by atoms with Crippen LogP contribution in [0.4, 0.5) is 0 Å². The van der Waals surface area contributed by atoms with Crippen LogP contribution in [0.5, 0.6) is 5.75 Å². The SMILES string of the molecule is COc1c(Cl)cc(Cl)cc1CNCCc1nc2cc(C)ccc2n1C. The molecule has 1 N–H and O–H groups in total. The van der Waals surface area contributed by atoms with Crippen LogP contribution in [0.25, 0.3) is 11.0 Å². The average Bonchev–Trinajstić information content (AvgIpc) is 2.86. The number of fused-ring (bicyclic) bond motifs is 1. The van der Waals surface area contributed by atoms with Crippen molar-refractivity contribution >= 4 is 34.2 Å². The van der Waals surface area contributed by atoms with E-state index in [1.54, 1.807) is 13.2 Å². The highest BCUT2D eigenvalue weighted by Gasteiger charge is 2.10. The van der Waals surface area contributed by atoms with Crippen LogP contribution < -0.4 is 10.1 Å². The van der Waals surface area contributed by atoms with Gasteiger partial charge in [-0.15, -0.1) is 0 Å². The number of rotatable bonds is 6. The normalized spacial score (nSPS) is 11.2. The molecule has 6 heteroatoms. The molecular weight excluding hydrogens is 357 g/mol. The minimum Gasteiger partial charge on any atom is -0.495 e. The average molecular weight is 378 g/mol. The summed E-state index contributed by atoms with van der Waals surface area (Å²) in [6, 6.07) is 9.91. The summed E-state index contributed by atoms with van der Waals surface area (Å²) in [4.78, 5) is 4.74. The lowest BCUT2D eigenvalue weighted by Gasteiger charge is -2.12. The summed E-state index contributed by atoms with van der Waals surface area (Å²) in [5, 5.41) is 4.54. The van der Waals surface area contributed by atoms with E-state index in [0.717, 1.165) is 35.4 Å². The number of imidazole rings is 1. The van der Waals surface area contributed by atoms with Gasteiger partial charge in [-0.2, -0.15) is 0 Å². The number of aryl methyl sites for hydroxylation is 2. The first-order valence-corrected chi connectivity index (χ1v) is 8.89. The van der Waals surface area contributed by atoms with Gasteiger partial charge in [0, 0.05) is 37.1 Å². The predicted molar refractivity (Wildman–Crippen MR) is 104 cm³/mol. The molecule has 1 heterocycles. The number of nitrogens with one attached hydrogen (secondary N) is 1. The summed E-state index contributed by atoms with van der Waals surface area (Å²) < 4.78 is 7.52. The predicted octanol–water partition coefficient (Wildman–Crippen LogP) is 4.53. The first kappa shape index (κ1) is 18.1. The number of halogens is 2. The van der Waals surface area contributed by atoms with Gasteiger partial charge in [0.2, 0.25) is 0 Å². The molecule has 0 saturated carbocycles. The Morgan fingerprint density at radius 3 is 2.76 bits per heavy atom. The van der Waals surface area contributed by atoms with E-state index in [1.807, 2.05) is 6.07 Å². The number of aromatic nitrogens is 2. The Balaban J connectivity index is 1.65. The molecule has 0 aliphatic rings. The van der Waals surface area contributed by atoms with Gasteiger partial charge in [-0.05, 0) is 36.8 Å². The number of hydrogen-bond donors (Lipinski definition) is 1. The molecule has 2 aromatic carbocycles. The number of hydrogen-bond acceptors (Lipinski definition) is 3. The summed E-state index contributed by atoms with van der Waals surface area (Å²) >= 11 is 12.3. The van der Waals surface area contributed by atoms with E-state index in [0.29, 0.717) is 22.3 Å². The van der Waals surface area contributed by atoms with Gasteiger partial charge in [-0.25, -0.2) is 4.98 Å². The summed E-state index contributed by atoms with van der Waals surface area (Å²) in [6.07, 6.45) is 0.834. The zero-order valence-corrected chi connectivity index (χ0v) is 16.1. The van der Waals surface area contributed by atoms with Crippen LogP contribution in [0.15, 0.2) is 30.3 Å². The quantitative estimate of drug-likeness (QED) is 0.641. The minimum atomic E-state index is 0.525. The molecule has 0 radical (unpaired) electrons. The monoisotopic (exact) mass is 377 g/mol. The number of ether oxygens (including phenoxy) is 1. The van der Waals surface area contributed by atoms with E-state index in [-0.39, 0.29) is 0 Å². The van der Waals surface area contributed by atoms with Gasteiger partial charge in [0.25, 0.3) is 0 Å². The Labute approximate surface area is 157 Å². The number of nitrogens with zero attached hydrogens (tertiary/aromatic N) is 2. The highest BCUT2D eigenvalue weighted by Crippen LogP contribution is 2.32. The molecule has 1 aromatic heterocycles. The molecule has 0 unspecified atom stereocenters. The summed E-state index contributed by atoms with van der Waals surface area (Å²) in [6.45, 7) is 3.51. The maximum absolute atomic E-state index is 6.17. The van der Waals surface area contributed by atoms with Crippen molar-refractivity contribution in [1.29, 1.82) is 0 Å². The fourth-order valence-corrected chi connectivity index (χ4v) is 3.59. The Morgan fingerprint density at radius 1 is 1.20 bits per heavy atom. The van der Waals surface area contributed by atoms with Crippen molar-refractivity contribution in [2.45, 2.75) is 19.9 Å². The Hall–Kier alpha value is -1.75. The van der Waals surface area contributed by atoms with E-state index in [4.69, 9.17) is 32.9 Å². The summed E-state index contributed by atoms with van der Waals surface area (Å²) in [5.41, 5.74) is 4.37. The van der Waals surface area contributed by atoms with Gasteiger partial charge in [0.1, 0.15) is 11.6 Å². The molecule has 0 atom stereocenters. The minimum absolute atomic E-state index is 0.525. The highest BCUT2D eigenvalue weighted by molar-refractivity contribution is 6.35. The lowest BCUT2D eigenvalue weighted by atomic mass is 10.2. The van der Waals surface area contributed by atoms with Crippen molar-refractivity contribution < 1.29 is 4.74 Å². The van der Waals surface area contributed by atoms with Gasteiger partial charge in [0.15, 0.2) is 0 Å². The van der Waals surface area contributed by atoms with Crippen molar-refractivity contribution in [2.75, 3.05) is 13.7 Å². The Morgan fingerprint density at radius 2 is 2.00 bits per heavy atom. The van der Waals surface area contributed by atoms with Gasteiger partial charge in [0.05, 0.1) is 23.2 Å². The van der Waals surface area contributed by atoms with Crippen molar-refractivity contribution in [3.63, 3.8) is 0 Å². The number of methoxy groups -OCH3 is 1. The fourth-order valence-electron chi connectivity index (χ4n) is 2.98. The molecule has 4 nitrogen and oxygen atoms in total. The maximum atomic E-state index is 6.17. The standard InChI is InChI=1S/C19H21Cl2N3O/c1-12-4-5-17-16(8-12)23-18(24(17)2)6-7-22-11-13-9-14(20)10-15(21)19(13)25-3/h4-5,8-10,22H,6-7,11H2,1-3H3. The van der Waals surface area contributed by atoms with Crippen molar-refractivity contribution in [3.8, 4) is 5.75 Å². The van der Waals surface area contributed by atoms with Crippen molar-refractivity contribution in [1.82, 2.24) is 14.9 Å². The van der Waals surface area contributed by atoms with Crippen molar-refractivity contribution in [3.05, 3.63) is 57.3 Å². The largest absolute Gasteiger partial charge is 0.495 e. The summed E-state index contributed by atoms with van der Waals surface area (Å²) in [5.74, 6) is 1.72. The molecule has 0 fully saturated rings. The zero-order chi connectivity index (χ0) is 18.0. The Kier molecular flexibility index (Phi) is 5.52. The van der Waals surface area contributed by atoms with Crippen LogP contribution in [0.2, 0.25) is 10.0 Å². The molecule has 0 spiro atoms. The second-order valence-electron chi connectivity index (χ2n) is 6.09.